The molecule has 1 aromatic heterocycles. The zero-order valence-corrected chi connectivity index (χ0v) is 18.5. The van der Waals surface area contributed by atoms with Crippen molar-refractivity contribution in [2.75, 3.05) is 33.9 Å². The van der Waals surface area contributed by atoms with Crippen LogP contribution < -0.4 is 4.74 Å². The van der Waals surface area contributed by atoms with Gasteiger partial charge in [-0.25, -0.2) is 4.79 Å². The number of H-pyrrole nitrogens is 1. The molecule has 162 valence electrons. The third-order valence-corrected chi connectivity index (χ3v) is 7.13. The Bertz CT molecular complexity index is 983. The third-order valence-electron chi connectivity index (χ3n) is 6.82. The van der Waals surface area contributed by atoms with Crippen molar-refractivity contribution in [3.8, 4) is 5.75 Å². The van der Waals surface area contributed by atoms with E-state index in [9.17, 15) is 9.90 Å². The summed E-state index contributed by atoms with van der Waals surface area (Å²) in [5.41, 5.74) is 3.92. The zero-order chi connectivity index (χ0) is 21.4. The lowest BCUT2D eigenvalue weighted by Gasteiger charge is -2.46. The van der Waals surface area contributed by atoms with Gasteiger partial charge in [0, 0.05) is 29.7 Å². The van der Waals surface area contributed by atoms with Gasteiger partial charge in [0.2, 0.25) is 0 Å². The van der Waals surface area contributed by atoms with E-state index in [1.54, 1.807) is 13.2 Å². The van der Waals surface area contributed by atoms with Crippen LogP contribution in [0.1, 0.15) is 37.1 Å². The minimum Gasteiger partial charge on any atom is -0.496 e. The molecule has 1 fully saturated rings. The van der Waals surface area contributed by atoms with Crippen molar-refractivity contribution in [1.29, 1.82) is 0 Å². The molecule has 30 heavy (non-hydrogen) atoms. The van der Waals surface area contributed by atoms with Crippen LogP contribution in [-0.2, 0) is 16.0 Å². The highest BCUT2D eigenvalue weighted by molar-refractivity contribution is 6.35. The molecule has 2 N–H and O–H groups in total. The Hall–Kier alpha value is -2.02. The molecule has 7 heteroatoms. The number of hydrogen-bond acceptors (Lipinski definition) is 5. The third kappa shape index (κ3) is 3.41. The van der Waals surface area contributed by atoms with Gasteiger partial charge in [-0.3, -0.25) is 4.90 Å². The number of benzene rings is 1. The van der Waals surface area contributed by atoms with Crippen LogP contribution in [0.15, 0.2) is 23.8 Å². The number of aromatic nitrogens is 1. The predicted molar refractivity (Wildman–Crippen MR) is 117 cm³/mol. The highest BCUT2D eigenvalue weighted by Crippen LogP contribution is 2.47. The van der Waals surface area contributed by atoms with Crippen molar-refractivity contribution in [2.24, 2.45) is 11.8 Å². The summed E-state index contributed by atoms with van der Waals surface area (Å²) < 4.78 is 10.7. The van der Waals surface area contributed by atoms with Gasteiger partial charge < -0.3 is 19.6 Å². The second-order valence-electron chi connectivity index (χ2n) is 8.12. The summed E-state index contributed by atoms with van der Waals surface area (Å²) in [5.74, 6) is 0.848. The number of methoxy groups -OCH3 is 2. The van der Waals surface area contributed by atoms with E-state index in [0.29, 0.717) is 16.5 Å². The van der Waals surface area contributed by atoms with E-state index < -0.39 is 0 Å². The van der Waals surface area contributed by atoms with E-state index in [4.69, 9.17) is 21.1 Å². The number of aromatic amines is 1. The summed E-state index contributed by atoms with van der Waals surface area (Å²) in [5, 5.41) is 11.3. The number of carbonyl (C=O) groups excluding carboxylic acids is 1. The van der Waals surface area contributed by atoms with Gasteiger partial charge in [-0.05, 0) is 48.4 Å². The maximum atomic E-state index is 12.5. The second kappa shape index (κ2) is 8.61. The number of halogens is 1. The molecule has 0 saturated carbocycles. The van der Waals surface area contributed by atoms with Crippen LogP contribution in [0.4, 0.5) is 0 Å². The van der Waals surface area contributed by atoms with E-state index in [0.717, 1.165) is 54.7 Å². The molecular weight excluding hydrogens is 404 g/mol. The van der Waals surface area contributed by atoms with E-state index in [1.165, 1.54) is 12.7 Å². The molecule has 3 atom stereocenters. The number of rotatable bonds is 5. The maximum Gasteiger partial charge on any atom is 0.333 e. The minimum atomic E-state index is -0.349. The monoisotopic (exact) mass is 432 g/mol. The van der Waals surface area contributed by atoms with Crippen LogP contribution in [0.3, 0.4) is 0 Å². The van der Waals surface area contributed by atoms with Crippen LogP contribution >= 0.6 is 11.6 Å². The van der Waals surface area contributed by atoms with Gasteiger partial charge in [0.25, 0.3) is 0 Å². The molecule has 0 spiro atoms. The van der Waals surface area contributed by atoms with Gasteiger partial charge in [-0.2, -0.15) is 0 Å². The number of ether oxygens (including phenoxy) is 2. The lowest BCUT2D eigenvalue weighted by atomic mass is 9.73. The molecule has 4 rings (SSSR count). The normalized spacial score (nSPS) is 24.4. The number of hydrogen-bond donors (Lipinski definition) is 2. The van der Waals surface area contributed by atoms with Gasteiger partial charge in [-0.1, -0.05) is 24.9 Å². The Kier molecular flexibility index (Phi) is 6.09. The van der Waals surface area contributed by atoms with Crippen molar-refractivity contribution < 1.29 is 19.4 Å². The number of esters is 1. The lowest BCUT2D eigenvalue weighted by Crippen LogP contribution is -2.47. The Balaban J connectivity index is 1.79. The Morgan fingerprint density at radius 3 is 2.87 bits per heavy atom. The van der Waals surface area contributed by atoms with Gasteiger partial charge in [-0.15, -0.1) is 0 Å². The number of fused-ring (bicyclic) bond motifs is 5. The molecule has 1 saturated heterocycles. The van der Waals surface area contributed by atoms with Crippen molar-refractivity contribution in [3.63, 3.8) is 0 Å². The van der Waals surface area contributed by atoms with Crippen molar-refractivity contribution in [2.45, 2.75) is 32.2 Å². The first-order chi connectivity index (χ1) is 14.5. The molecule has 2 aliphatic heterocycles. The molecule has 0 radical (unpaired) electrons. The number of aliphatic hydroxyl groups excluding tert-OH is 1. The first kappa shape index (κ1) is 21.2. The maximum absolute atomic E-state index is 12.5. The summed E-state index contributed by atoms with van der Waals surface area (Å²) in [6.07, 6.45) is 4.30. The number of nitrogens with zero attached hydrogens (tertiary/aromatic N) is 1. The fourth-order valence-electron chi connectivity index (χ4n) is 5.38. The van der Waals surface area contributed by atoms with E-state index in [2.05, 4.69) is 16.8 Å². The Morgan fingerprint density at radius 1 is 1.40 bits per heavy atom. The SMILES string of the molecule is CC[C@@H]1CN2CCc3c([nH]c4c(Cl)ccc(OC)c34)[C@@H]2C[C@@H]1/C(=C\CO)C(=O)OC. The molecule has 3 heterocycles. The predicted octanol–water partition coefficient (Wildman–Crippen LogP) is 3.87. The molecule has 0 amide bonds. The van der Waals surface area contributed by atoms with Gasteiger partial charge >= 0.3 is 5.97 Å². The Morgan fingerprint density at radius 2 is 2.20 bits per heavy atom. The summed E-state index contributed by atoms with van der Waals surface area (Å²) >= 11 is 6.51. The molecule has 2 aliphatic rings. The van der Waals surface area contributed by atoms with Gasteiger partial charge in [0.15, 0.2) is 0 Å². The standard InChI is InChI=1S/C23H29ClN2O4/c1-4-13-12-26-9-7-15-20-19(29-2)6-5-17(24)22(20)25-21(15)18(26)11-16(13)14(8-10-27)23(28)30-3/h5-6,8,13,16,18,25,27H,4,7,9-12H2,1-3H3/b14-8+/t13-,16+,18+/m1/s1. The van der Waals surface area contributed by atoms with Crippen molar-refractivity contribution in [3.05, 3.63) is 40.1 Å². The fraction of sp³-hybridized carbons (Fsp3) is 0.522. The van der Waals surface area contributed by atoms with Crippen LogP contribution in [0, 0.1) is 11.8 Å². The summed E-state index contributed by atoms with van der Waals surface area (Å²) in [6, 6.07) is 3.93. The molecule has 0 unspecified atom stereocenters. The molecule has 0 aliphatic carbocycles. The van der Waals surface area contributed by atoms with E-state index in [-0.39, 0.29) is 24.5 Å². The first-order valence-corrected chi connectivity index (χ1v) is 10.9. The van der Waals surface area contributed by atoms with Crippen LogP contribution in [0.5, 0.6) is 5.75 Å². The summed E-state index contributed by atoms with van der Waals surface area (Å²) in [6.45, 7) is 3.86. The van der Waals surface area contributed by atoms with Crippen LogP contribution in [-0.4, -0.2) is 54.9 Å². The second-order valence-corrected chi connectivity index (χ2v) is 8.53. The van der Waals surface area contributed by atoms with Gasteiger partial charge in [0.05, 0.1) is 37.4 Å². The molecule has 0 bridgehead atoms. The van der Waals surface area contributed by atoms with Crippen LogP contribution in [0.25, 0.3) is 10.9 Å². The topological polar surface area (TPSA) is 74.8 Å². The van der Waals surface area contributed by atoms with Crippen molar-refractivity contribution >= 4 is 28.5 Å². The van der Waals surface area contributed by atoms with Gasteiger partial charge in [0.1, 0.15) is 5.75 Å². The average molecular weight is 433 g/mol. The first-order valence-electron chi connectivity index (χ1n) is 10.5. The Labute approximate surface area is 181 Å². The summed E-state index contributed by atoms with van der Waals surface area (Å²) in [7, 11) is 3.08. The smallest absolute Gasteiger partial charge is 0.333 e. The molecular formula is C23H29ClN2O4. The highest BCUT2D eigenvalue weighted by Gasteiger charge is 2.42. The number of carbonyl (C=O) groups is 1. The largest absolute Gasteiger partial charge is 0.496 e. The van der Waals surface area contributed by atoms with E-state index >= 15 is 0 Å². The zero-order valence-electron chi connectivity index (χ0n) is 17.7. The fourth-order valence-corrected chi connectivity index (χ4v) is 5.58. The quantitative estimate of drug-likeness (QED) is 0.554. The van der Waals surface area contributed by atoms with Crippen molar-refractivity contribution in [1.82, 2.24) is 9.88 Å². The minimum absolute atomic E-state index is 0.0329. The van der Waals surface area contributed by atoms with E-state index in [1.807, 2.05) is 12.1 Å². The lowest BCUT2D eigenvalue weighted by molar-refractivity contribution is -0.137. The number of nitrogens with one attached hydrogen (secondary N) is 1. The average Bonchev–Trinajstić information content (AvgIpc) is 3.17. The molecule has 6 nitrogen and oxygen atoms in total. The summed E-state index contributed by atoms with van der Waals surface area (Å²) in [4.78, 5) is 18.6. The molecule has 2 aromatic rings. The van der Waals surface area contributed by atoms with Crippen LogP contribution in [0.2, 0.25) is 5.02 Å². The highest BCUT2D eigenvalue weighted by atomic mass is 35.5. The molecule has 1 aromatic carbocycles. The number of aliphatic hydroxyl groups is 1. The number of piperidine rings is 1.